The van der Waals surface area contributed by atoms with Crippen LogP contribution >= 0.6 is 0 Å². The molecule has 0 saturated heterocycles. The standard InChI is InChI=1S/C13H18N4O2S/c1-17(2)20(18,19)9-8-15-12-6-7-16-13-10(12)4-3-5-11(13)14/h3-7H,8-9,14H2,1-2H3,(H,15,16). The maximum absolute atomic E-state index is 11.7. The number of rotatable bonds is 5. The number of nitrogens with one attached hydrogen (secondary N) is 1. The second-order valence-corrected chi connectivity index (χ2v) is 6.93. The van der Waals surface area contributed by atoms with Crippen LogP contribution in [0.5, 0.6) is 0 Å². The lowest BCUT2D eigenvalue weighted by Gasteiger charge is -2.13. The Labute approximate surface area is 118 Å². The molecule has 0 bridgehead atoms. The molecule has 0 unspecified atom stereocenters. The van der Waals surface area contributed by atoms with E-state index in [0.717, 1.165) is 11.1 Å². The third kappa shape index (κ3) is 3.00. The largest absolute Gasteiger partial charge is 0.397 e. The van der Waals surface area contributed by atoms with Gasteiger partial charge in [-0.15, -0.1) is 0 Å². The molecule has 7 heteroatoms. The Balaban J connectivity index is 2.17. The minimum Gasteiger partial charge on any atom is -0.397 e. The highest BCUT2D eigenvalue weighted by molar-refractivity contribution is 7.89. The van der Waals surface area contributed by atoms with Crippen LogP contribution in [0.3, 0.4) is 0 Å². The van der Waals surface area contributed by atoms with Crippen LogP contribution in [-0.4, -0.2) is 44.1 Å². The highest BCUT2D eigenvalue weighted by Gasteiger charge is 2.13. The molecule has 0 fully saturated rings. The number of nitrogens with zero attached hydrogens (tertiary/aromatic N) is 2. The first-order valence-corrected chi connectivity index (χ1v) is 7.80. The second-order valence-electron chi connectivity index (χ2n) is 4.63. The quantitative estimate of drug-likeness (QED) is 0.807. The van der Waals surface area contributed by atoms with E-state index in [1.54, 1.807) is 12.3 Å². The number of benzene rings is 1. The molecule has 0 spiro atoms. The second kappa shape index (κ2) is 5.64. The fourth-order valence-electron chi connectivity index (χ4n) is 1.85. The summed E-state index contributed by atoms with van der Waals surface area (Å²) in [5.74, 6) is 0.0339. The summed E-state index contributed by atoms with van der Waals surface area (Å²) in [4.78, 5) is 4.23. The van der Waals surface area contributed by atoms with Crippen molar-refractivity contribution >= 4 is 32.3 Å². The number of fused-ring (bicyclic) bond motifs is 1. The van der Waals surface area contributed by atoms with E-state index in [0.29, 0.717) is 17.7 Å². The third-order valence-electron chi connectivity index (χ3n) is 3.03. The zero-order valence-electron chi connectivity index (χ0n) is 11.5. The number of anilines is 2. The van der Waals surface area contributed by atoms with E-state index >= 15 is 0 Å². The first kappa shape index (κ1) is 14.5. The number of hydrogen-bond donors (Lipinski definition) is 2. The molecule has 0 saturated carbocycles. The van der Waals surface area contributed by atoms with Crippen LogP contribution in [0.25, 0.3) is 10.9 Å². The summed E-state index contributed by atoms with van der Waals surface area (Å²) >= 11 is 0. The lowest BCUT2D eigenvalue weighted by Crippen LogP contribution is -2.28. The van der Waals surface area contributed by atoms with E-state index in [-0.39, 0.29) is 5.75 Å². The molecule has 0 amide bonds. The van der Waals surface area contributed by atoms with Crippen molar-refractivity contribution in [1.82, 2.24) is 9.29 Å². The van der Waals surface area contributed by atoms with E-state index in [4.69, 9.17) is 5.73 Å². The van der Waals surface area contributed by atoms with E-state index in [9.17, 15) is 8.42 Å². The molecule has 2 aromatic rings. The van der Waals surface area contributed by atoms with Crippen molar-refractivity contribution < 1.29 is 8.42 Å². The van der Waals surface area contributed by atoms with Crippen molar-refractivity contribution in [2.45, 2.75) is 0 Å². The van der Waals surface area contributed by atoms with Gasteiger partial charge >= 0.3 is 0 Å². The van der Waals surface area contributed by atoms with Gasteiger partial charge in [0.1, 0.15) is 0 Å². The number of para-hydroxylation sites is 1. The molecule has 3 N–H and O–H groups in total. The summed E-state index contributed by atoms with van der Waals surface area (Å²) in [7, 11) is -0.148. The van der Waals surface area contributed by atoms with E-state index < -0.39 is 10.0 Å². The van der Waals surface area contributed by atoms with Crippen LogP contribution in [0, 0.1) is 0 Å². The SMILES string of the molecule is CN(C)S(=O)(=O)CCNc1ccnc2c(N)cccc12. The molecule has 0 aliphatic carbocycles. The summed E-state index contributed by atoms with van der Waals surface area (Å²) in [5, 5.41) is 4.01. The van der Waals surface area contributed by atoms with Crippen molar-refractivity contribution in [3.8, 4) is 0 Å². The summed E-state index contributed by atoms with van der Waals surface area (Å²) < 4.78 is 24.6. The average molecular weight is 294 g/mol. The fourth-order valence-corrected chi connectivity index (χ4v) is 2.58. The van der Waals surface area contributed by atoms with Crippen LogP contribution in [0.15, 0.2) is 30.5 Å². The number of pyridine rings is 1. The fraction of sp³-hybridized carbons (Fsp3) is 0.308. The smallest absolute Gasteiger partial charge is 0.215 e. The predicted molar refractivity (Wildman–Crippen MR) is 82.1 cm³/mol. The summed E-state index contributed by atoms with van der Waals surface area (Å²) in [6, 6.07) is 7.35. The Kier molecular flexibility index (Phi) is 4.10. The normalized spacial score (nSPS) is 11.9. The summed E-state index contributed by atoms with van der Waals surface area (Å²) in [6.07, 6.45) is 1.65. The van der Waals surface area contributed by atoms with E-state index in [1.807, 2.05) is 18.2 Å². The Morgan fingerprint density at radius 3 is 2.75 bits per heavy atom. The molecule has 1 heterocycles. The zero-order valence-corrected chi connectivity index (χ0v) is 12.3. The first-order valence-electron chi connectivity index (χ1n) is 6.19. The Bertz CT molecular complexity index is 713. The lowest BCUT2D eigenvalue weighted by molar-refractivity contribution is 0.521. The van der Waals surface area contributed by atoms with Crippen LogP contribution in [-0.2, 0) is 10.0 Å². The van der Waals surface area contributed by atoms with Crippen LogP contribution in [0.4, 0.5) is 11.4 Å². The summed E-state index contributed by atoms with van der Waals surface area (Å²) in [6.45, 7) is 0.328. The number of nitrogen functional groups attached to an aromatic ring is 1. The van der Waals surface area contributed by atoms with Gasteiger partial charge in [-0.3, -0.25) is 4.98 Å². The first-order chi connectivity index (χ1) is 9.42. The van der Waals surface area contributed by atoms with Gasteiger partial charge in [0, 0.05) is 37.9 Å². The molecule has 0 aliphatic rings. The van der Waals surface area contributed by atoms with Gasteiger partial charge in [-0.25, -0.2) is 12.7 Å². The van der Waals surface area contributed by atoms with Crippen molar-refractivity contribution in [1.29, 1.82) is 0 Å². The van der Waals surface area contributed by atoms with E-state index in [1.165, 1.54) is 18.4 Å². The highest BCUT2D eigenvalue weighted by atomic mass is 32.2. The number of hydrogen-bond acceptors (Lipinski definition) is 5. The lowest BCUT2D eigenvalue weighted by atomic mass is 10.1. The Morgan fingerprint density at radius 2 is 2.05 bits per heavy atom. The molecule has 2 rings (SSSR count). The minimum absolute atomic E-state index is 0.0339. The molecule has 0 aliphatic heterocycles. The van der Waals surface area contributed by atoms with Gasteiger partial charge < -0.3 is 11.1 Å². The maximum Gasteiger partial charge on any atom is 0.215 e. The summed E-state index contributed by atoms with van der Waals surface area (Å²) in [5.41, 5.74) is 8.02. The molecule has 0 atom stereocenters. The average Bonchev–Trinajstić information content (AvgIpc) is 2.39. The van der Waals surface area contributed by atoms with Crippen molar-refractivity contribution in [2.24, 2.45) is 0 Å². The predicted octanol–water partition coefficient (Wildman–Crippen LogP) is 1.12. The van der Waals surface area contributed by atoms with Gasteiger partial charge in [0.2, 0.25) is 10.0 Å². The monoisotopic (exact) mass is 294 g/mol. The molecule has 20 heavy (non-hydrogen) atoms. The Hall–Kier alpha value is -1.86. The van der Waals surface area contributed by atoms with Gasteiger partial charge in [-0.2, -0.15) is 0 Å². The van der Waals surface area contributed by atoms with Gasteiger partial charge in [-0.05, 0) is 12.1 Å². The third-order valence-corrected chi connectivity index (χ3v) is 4.87. The van der Waals surface area contributed by atoms with Crippen LogP contribution < -0.4 is 11.1 Å². The van der Waals surface area contributed by atoms with Gasteiger partial charge in [0.15, 0.2) is 0 Å². The van der Waals surface area contributed by atoms with Crippen molar-refractivity contribution in [2.75, 3.05) is 37.4 Å². The molecule has 1 aromatic carbocycles. The molecule has 6 nitrogen and oxygen atoms in total. The molecular weight excluding hydrogens is 276 g/mol. The number of aromatic nitrogens is 1. The molecular formula is C13H18N4O2S. The maximum atomic E-state index is 11.7. The topological polar surface area (TPSA) is 88.3 Å². The van der Waals surface area contributed by atoms with Crippen molar-refractivity contribution in [3.05, 3.63) is 30.5 Å². The Morgan fingerprint density at radius 1 is 1.30 bits per heavy atom. The number of nitrogens with two attached hydrogens (primary N) is 1. The van der Waals surface area contributed by atoms with Crippen LogP contribution in [0.1, 0.15) is 0 Å². The molecule has 108 valence electrons. The minimum atomic E-state index is -3.20. The van der Waals surface area contributed by atoms with E-state index in [2.05, 4.69) is 10.3 Å². The van der Waals surface area contributed by atoms with Crippen LogP contribution in [0.2, 0.25) is 0 Å². The molecule has 1 aromatic heterocycles. The highest BCUT2D eigenvalue weighted by Crippen LogP contribution is 2.25. The van der Waals surface area contributed by atoms with Gasteiger partial charge in [0.25, 0.3) is 0 Å². The van der Waals surface area contributed by atoms with Crippen molar-refractivity contribution in [3.63, 3.8) is 0 Å². The van der Waals surface area contributed by atoms with Gasteiger partial charge in [-0.1, -0.05) is 12.1 Å². The molecule has 0 radical (unpaired) electrons. The number of sulfonamides is 1. The van der Waals surface area contributed by atoms with Gasteiger partial charge in [0.05, 0.1) is 17.0 Å². The zero-order chi connectivity index (χ0) is 14.8.